The molecule has 1 aliphatic heterocycles. The summed E-state index contributed by atoms with van der Waals surface area (Å²) in [7, 11) is 0. The molecule has 0 bridgehead atoms. The number of nitrogens with zero attached hydrogens (tertiary/aromatic N) is 1. The molecule has 0 aromatic heterocycles. The normalized spacial score (nSPS) is 24.0. The Morgan fingerprint density at radius 1 is 1.53 bits per heavy atom. The topological polar surface area (TPSA) is 46.3 Å². The van der Waals surface area contributed by atoms with Crippen LogP contribution in [0.4, 0.5) is 5.69 Å². The van der Waals surface area contributed by atoms with Gasteiger partial charge in [0.1, 0.15) is 5.54 Å². The number of anilines is 1. The fourth-order valence-corrected chi connectivity index (χ4v) is 2.94. The zero-order valence-electron chi connectivity index (χ0n) is 9.95. The van der Waals surface area contributed by atoms with Gasteiger partial charge in [0.05, 0.1) is 10.7 Å². The Labute approximate surface area is 107 Å². The van der Waals surface area contributed by atoms with Crippen LogP contribution in [0.1, 0.15) is 26.2 Å². The third-order valence-corrected chi connectivity index (χ3v) is 4.00. The molecule has 17 heavy (non-hydrogen) atoms. The van der Waals surface area contributed by atoms with E-state index in [0.29, 0.717) is 11.4 Å². The molecule has 1 heterocycles. The quantitative estimate of drug-likeness (QED) is 0.899. The molecule has 92 valence electrons. The number of hydrogen-bond donors (Lipinski definition) is 1. The molecule has 2 N–H and O–H groups in total. The summed E-state index contributed by atoms with van der Waals surface area (Å²) < 4.78 is 0. The van der Waals surface area contributed by atoms with Crippen LogP contribution < -0.4 is 10.6 Å². The lowest BCUT2D eigenvalue weighted by Crippen LogP contribution is -2.53. The van der Waals surface area contributed by atoms with Crippen molar-refractivity contribution in [3.05, 3.63) is 29.3 Å². The number of nitrogens with two attached hydrogens (primary N) is 1. The Morgan fingerprint density at radius 2 is 2.24 bits per heavy atom. The third-order valence-electron chi connectivity index (χ3n) is 3.68. The van der Waals surface area contributed by atoms with Gasteiger partial charge in [-0.05, 0) is 31.4 Å². The zero-order valence-corrected chi connectivity index (χ0v) is 10.7. The molecule has 0 saturated carbocycles. The fourth-order valence-electron chi connectivity index (χ4n) is 2.70. The second-order valence-corrected chi connectivity index (χ2v) is 4.86. The van der Waals surface area contributed by atoms with Crippen LogP contribution in [0.25, 0.3) is 0 Å². The molecule has 0 spiro atoms. The summed E-state index contributed by atoms with van der Waals surface area (Å²) in [6.07, 6.45) is 2.50. The van der Waals surface area contributed by atoms with E-state index in [4.69, 9.17) is 17.3 Å². The number of halogens is 1. The molecule has 1 aromatic carbocycles. The van der Waals surface area contributed by atoms with E-state index < -0.39 is 5.54 Å². The standard InChI is InChI=1S/C13H17ClN2O/c1-2-13(12(15)17)8-5-9-16(13)11-7-4-3-6-10(11)14/h3-4,6-7H,2,5,8-9H2,1H3,(H2,15,17)/t13-/m1/s1. The number of primary amides is 1. The van der Waals surface area contributed by atoms with Crippen LogP contribution >= 0.6 is 11.6 Å². The first kappa shape index (κ1) is 12.2. The second kappa shape index (κ2) is 4.57. The van der Waals surface area contributed by atoms with Crippen molar-refractivity contribution in [2.24, 2.45) is 5.73 Å². The summed E-state index contributed by atoms with van der Waals surface area (Å²) in [5.41, 5.74) is 5.94. The maximum Gasteiger partial charge on any atom is 0.243 e. The van der Waals surface area contributed by atoms with Crippen molar-refractivity contribution in [1.82, 2.24) is 0 Å². The van der Waals surface area contributed by atoms with Crippen LogP contribution in [0.15, 0.2) is 24.3 Å². The summed E-state index contributed by atoms with van der Waals surface area (Å²) in [5.74, 6) is -0.252. The van der Waals surface area contributed by atoms with E-state index in [-0.39, 0.29) is 5.91 Å². The SMILES string of the molecule is CC[C@]1(C(N)=O)CCCN1c1ccccc1Cl. The van der Waals surface area contributed by atoms with Crippen molar-refractivity contribution in [3.63, 3.8) is 0 Å². The molecule has 3 nitrogen and oxygen atoms in total. The van der Waals surface area contributed by atoms with Gasteiger partial charge in [0.25, 0.3) is 0 Å². The molecule has 2 rings (SSSR count). The van der Waals surface area contributed by atoms with Gasteiger partial charge in [0.2, 0.25) is 5.91 Å². The predicted octanol–water partition coefficient (Wildman–Crippen LogP) is 2.57. The lowest BCUT2D eigenvalue weighted by Gasteiger charge is -2.37. The van der Waals surface area contributed by atoms with Crippen molar-refractivity contribution in [1.29, 1.82) is 0 Å². The second-order valence-electron chi connectivity index (χ2n) is 4.46. The van der Waals surface area contributed by atoms with E-state index in [1.165, 1.54) is 0 Å². The molecule has 1 fully saturated rings. The summed E-state index contributed by atoms with van der Waals surface area (Å²) in [5, 5.41) is 0.675. The highest BCUT2D eigenvalue weighted by molar-refractivity contribution is 6.33. The van der Waals surface area contributed by atoms with Crippen LogP contribution in [0.5, 0.6) is 0 Å². The zero-order chi connectivity index (χ0) is 12.5. The monoisotopic (exact) mass is 252 g/mol. The minimum absolute atomic E-state index is 0.252. The Hall–Kier alpha value is -1.22. The molecule has 0 radical (unpaired) electrons. The van der Waals surface area contributed by atoms with Crippen molar-refractivity contribution >= 4 is 23.2 Å². The number of para-hydroxylation sites is 1. The first-order valence-corrected chi connectivity index (χ1v) is 6.31. The number of hydrogen-bond acceptors (Lipinski definition) is 2. The van der Waals surface area contributed by atoms with Gasteiger partial charge in [-0.15, -0.1) is 0 Å². The number of rotatable bonds is 3. The van der Waals surface area contributed by atoms with Gasteiger partial charge in [-0.25, -0.2) is 0 Å². The maximum atomic E-state index is 11.8. The van der Waals surface area contributed by atoms with Crippen molar-refractivity contribution in [3.8, 4) is 0 Å². The number of carbonyl (C=O) groups is 1. The molecule has 0 aliphatic carbocycles. The summed E-state index contributed by atoms with van der Waals surface area (Å²) in [6, 6.07) is 7.61. The first-order valence-electron chi connectivity index (χ1n) is 5.94. The van der Waals surface area contributed by atoms with Gasteiger partial charge in [0.15, 0.2) is 0 Å². The fraction of sp³-hybridized carbons (Fsp3) is 0.462. The van der Waals surface area contributed by atoms with Gasteiger partial charge in [0, 0.05) is 6.54 Å². The Morgan fingerprint density at radius 3 is 2.82 bits per heavy atom. The van der Waals surface area contributed by atoms with E-state index in [1.807, 2.05) is 31.2 Å². The predicted molar refractivity (Wildman–Crippen MR) is 70.2 cm³/mol. The van der Waals surface area contributed by atoms with E-state index in [9.17, 15) is 4.79 Å². The van der Waals surface area contributed by atoms with Crippen LogP contribution in [0.3, 0.4) is 0 Å². The molecule has 0 unspecified atom stereocenters. The number of carbonyl (C=O) groups excluding carboxylic acids is 1. The average molecular weight is 253 g/mol. The molecule has 1 aromatic rings. The van der Waals surface area contributed by atoms with E-state index in [2.05, 4.69) is 4.90 Å². The van der Waals surface area contributed by atoms with E-state index in [1.54, 1.807) is 0 Å². The smallest absolute Gasteiger partial charge is 0.243 e. The number of benzene rings is 1. The van der Waals surface area contributed by atoms with Crippen LogP contribution in [0, 0.1) is 0 Å². The minimum Gasteiger partial charge on any atom is -0.368 e. The lowest BCUT2D eigenvalue weighted by atomic mass is 9.91. The number of amides is 1. The molecule has 1 amide bonds. The minimum atomic E-state index is -0.564. The van der Waals surface area contributed by atoms with Gasteiger partial charge in [-0.2, -0.15) is 0 Å². The Kier molecular flexibility index (Phi) is 3.29. The molecule has 1 saturated heterocycles. The highest BCUT2D eigenvalue weighted by Crippen LogP contribution is 2.39. The van der Waals surface area contributed by atoms with Gasteiger partial charge >= 0.3 is 0 Å². The highest BCUT2D eigenvalue weighted by Gasteiger charge is 2.45. The van der Waals surface area contributed by atoms with Crippen molar-refractivity contribution in [2.75, 3.05) is 11.4 Å². The third kappa shape index (κ3) is 1.89. The molecule has 4 heteroatoms. The first-order chi connectivity index (χ1) is 8.12. The summed E-state index contributed by atoms with van der Waals surface area (Å²) >= 11 is 6.20. The molecule has 1 atom stereocenters. The van der Waals surface area contributed by atoms with Crippen LogP contribution in [-0.4, -0.2) is 18.0 Å². The van der Waals surface area contributed by atoms with Crippen molar-refractivity contribution < 1.29 is 4.79 Å². The lowest BCUT2D eigenvalue weighted by molar-refractivity contribution is -0.123. The van der Waals surface area contributed by atoms with Gasteiger partial charge < -0.3 is 10.6 Å². The summed E-state index contributed by atoms with van der Waals surface area (Å²) in [4.78, 5) is 13.9. The van der Waals surface area contributed by atoms with Crippen molar-refractivity contribution in [2.45, 2.75) is 31.7 Å². The average Bonchev–Trinajstić information content (AvgIpc) is 2.74. The van der Waals surface area contributed by atoms with E-state index in [0.717, 1.165) is 25.1 Å². The summed E-state index contributed by atoms with van der Waals surface area (Å²) in [6.45, 7) is 2.83. The van der Waals surface area contributed by atoms with Crippen LogP contribution in [0.2, 0.25) is 5.02 Å². The van der Waals surface area contributed by atoms with Gasteiger partial charge in [-0.1, -0.05) is 30.7 Å². The Bertz CT molecular complexity index is 435. The van der Waals surface area contributed by atoms with E-state index >= 15 is 0 Å². The maximum absolute atomic E-state index is 11.8. The Balaban J connectivity index is 2.44. The highest BCUT2D eigenvalue weighted by atomic mass is 35.5. The molecular formula is C13H17ClN2O. The molecule has 1 aliphatic rings. The van der Waals surface area contributed by atoms with Crippen LogP contribution in [-0.2, 0) is 4.79 Å². The largest absolute Gasteiger partial charge is 0.368 e. The van der Waals surface area contributed by atoms with Gasteiger partial charge in [-0.3, -0.25) is 4.79 Å². The molecular weight excluding hydrogens is 236 g/mol.